The van der Waals surface area contributed by atoms with Crippen LogP contribution in [0.3, 0.4) is 0 Å². The number of hydrogen-bond donors (Lipinski definition) is 3. The SMILES string of the molecule is COc1cccc(CNc2ccc(S(=O)(=O)Nc3ccc(-c4ccccc4)cc3)cc2)c1O. The Kier molecular flexibility index (Phi) is 6.51. The zero-order valence-electron chi connectivity index (χ0n) is 18.0. The Hall–Kier alpha value is -3.97. The molecule has 0 radical (unpaired) electrons. The summed E-state index contributed by atoms with van der Waals surface area (Å²) in [6.07, 6.45) is 0. The van der Waals surface area contributed by atoms with E-state index in [0.717, 1.165) is 16.8 Å². The van der Waals surface area contributed by atoms with Crippen molar-refractivity contribution in [1.29, 1.82) is 0 Å². The molecule has 7 heteroatoms. The molecule has 0 saturated heterocycles. The van der Waals surface area contributed by atoms with Gasteiger partial charge < -0.3 is 15.2 Å². The van der Waals surface area contributed by atoms with Crippen molar-refractivity contribution in [3.63, 3.8) is 0 Å². The van der Waals surface area contributed by atoms with Crippen LogP contribution in [0.1, 0.15) is 5.56 Å². The summed E-state index contributed by atoms with van der Waals surface area (Å²) < 4.78 is 33.3. The van der Waals surface area contributed by atoms with Gasteiger partial charge in [0.2, 0.25) is 0 Å². The molecule has 4 aromatic carbocycles. The second-order valence-electron chi connectivity index (χ2n) is 7.39. The van der Waals surface area contributed by atoms with E-state index in [2.05, 4.69) is 10.0 Å². The van der Waals surface area contributed by atoms with Gasteiger partial charge in [0.05, 0.1) is 12.0 Å². The lowest BCUT2D eigenvalue weighted by Gasteiger charge is -2.12. The largest absolute Gasteiger partial charge is 0.504 e. The number of anilines is 2. The van der Waals surface area contributed by atoms with E-state index >= 15 is 0 Å². The molecule has 0 aliphatic rings. The Labute approximate surface area is 193 Å². The summed E-state index contributed by atoms with van der Waals surface area (Å²) in [6.45, 7) is 0.362. The first-order valence-corrected chi connectivity index (χ1v) is 11.8. The summed E-state index contributed by atoms with van der Waals surface area (Å²) in [4.78, 5) is 0.157. The molecule has 0 saturated carbocycles. The quantitative estimate of drug-likeness (QED) is 0.324. The van der Waals surface area contributed by atoms with E-state index in [1.54, 1.807) is 42.5 Å². The predicted octanol–water partition coefficient (Wildman–Crippen LogP) is 5.48. The van der Waals surface area contributed by atoms with Crippen LogP contribution >= 0.6 is 0 Å². The summed E-state index contributed by atoms with van der Waals surface area (Å²) in [5.74, 6) is 0.479. The Morgan fingerprint density at radius 3 is 2.06 bits per heavy atom. The lowest BCUT2D eigenvalue weighted by molar-refractivity contribution is 0.371. The number of sulfonamides is 1. The average molecular weight is 461 g/mol. The van der Waals surface area contributed by atoms with Crippen LogP contribution in [0.25, 0.3) is 11.1 Å². The van der Waals surface area contributed by atoms with Crippen LogP contribution in [-0.4, -0.2) is 20.6 Å². The first-order chi connectivity index (χ1) is 16.0. The fourth-order valence-corrected chi connectivity index (χ4v) is 4.46. The van der Waals surface area contributed by atoms with Crippen LogP contribution in [-0.2, 0) is 16.6 Å². The summed E-state index contributed by atoms with van der Waals surface area (Å²) in [5.41, 5.74) is 3.97. The number of rotatable bonds is 8. The van der Waals surface area contributed by atoms with Gasteiger partial charge in [0.15, 0.2) is 11.5 Å². The van der Waals surface area contributed by atoms with Gasteiger partial charge in [0.25, 0.3) is 10.0 Å². The molecule has 0 aliphatic heterocycles. The third-order valence-electron chi connectivity index (χ3n) is 5.19. The van der Waals surface area contributed by atoms with Crippen LogP contribution in [0, 0.1) is 0 Å². The van der Waals surface area contributed by atoms with Gasteiger partial charge in [-0.25, -0.2) is 8.42 Å². The molecular weight excluding hydrogens is 436 g/mol. The normalized spacial score (nSPS) is 11.1. The number of nitrogens with one attached hydrogen (secondary N) is 2. The number of benzene rings is 4. The number of aromatic hydroxyl groups is 1. The molecule has 33 heavy (non-hydrogen) atoms. The summed E-state index contributed by atoms with van der Waals surface area (Å²) in [7, 11) is -2.23. The van der Waals surface area contributed by atoms with E-state index in [1.807, 2.05) is 42.5 Å². The molecule has 0 amide bonds. The van der Waals surface area contributed by atoms with Gasteiger partial charge in [0, 0.05) is 23.5 Å². The molecule has 0 unspecified atom stereocenters. The zero-order valence-corrected chi connectivity index (χ0v) is 18.8. The number of phenolic OH excluding ortho intramolecular Hbond substituents is 1. The standard InChI is InChI=1S/C26H24N2O4S/c1-32-25-9-5-8-21(26(25)29)18-27-22-14-16-24(17-15-22)33(30,31)28-23-12-10-20(11-13-23)19-6-3-2-4-7-19/h2-17,27-29H,18H2,1H3. The first kappa shape index (κ1) is 22.2. The van der Waals surface area contributed by atoms with Gasteiger partial charge in [-0.3, -0.25) is 4.72 Å². The summed E-state index contributed by atoms with van der Waals surface area (Å²) >= 11 is 0. The van der Waals surface area contributed by atoms with Crippen LogP contribution in [0.15, 0.2) is 102 Å². The minimum atomic E-state index is -3.72. The maximum absolute atomic E-state index is 12.8. The lowest BCUT2D eigenvalue weighted by Crippen LogP contribution is -2.13. The number of para-hydroxylation sites is 1. The van der Waals surface area contributed by atoms with Crippen molar-refractivity contribution in [2.75, 3.05) is 17.1 Å². The molecule has 6 nitrogen and oxygen atoms in total. The second kappa shape index (κ2) is 9.67. The summed E-state index contributed by atoms with van der Waals surface area (Å²) in [6, 6.07) is 28.9. The zero-order chi connectivity index (χ0) is 23.3. The van der Waals surface area contributed by atoms with Crippen molar-refractivity contribution in [3.8, 4) is 22.6 Å². The highest BCUT2D eigenvalue weighted by atomic mass is 32.2. The van der Waals surface area contributed by atoms with Crippen molar-refractivity contribution in [2.24, 2.45) is 0 Å². The molecule has 4 aromatic rings. The fourth-order valence-electron chi connectivity index (χ4n) is 3.40. The molecule has 168 valence electrons. The third kappa shape index (κ3) is 5.27. The smallest absolute Gasteiger partial charge is 0.261 e. The van der Waals surface area contributed by atoms with Crippen LogP contribution < -0.4 is 14.8 Å². The fraction of sp³-hybridized carbons (Fsp3) is 0.0769. The maximum Gasteiger partial charge on any atom is 0.261 e. The van der Waals surface area contributed by atoms with Crippen LogP contribution in [0.2, 0.25) is 0 Å². The molecule has 0 aliphatic carbocycles. The molecule has 0 atom stereocenters. The molecular formula is C26H24N2O4S. The van der Waals surface area contributed by atoms with E-state index in [-0.39, 0.29) is 10.6 Å². The van der Waals surface area contributed by atoms with Crippen LogP contribution in [0.5, 0.6) is 11.5 Å². The second-order valence-corrected chi connectivity index (χ2v) is 9.08. The number of phenols is 1. The molecule has 0 bridgehead atoms. The summed E-state index contributed by atoms with van der Waals surface area (Å²) in [5, 5.41) is 13.4. The van der Waals surface area contributed by atoms with Crippen molar-refractivity contribution in [1.82, 2.24) is 0 Å². The Balaban J connectivity index is 1.41. The van der Waals surface area contributed by atoms with E-state index in [4.69, 9.17) is 4.74 Å². The molecule has 0 spiro atoms. The molecule has 4 rings (SSSR count). The van der Waals surface area contributed by atoms with Crippen molar-refractivity contribution >= 4 is 21.4 Å². The van der Waals surface area contributed by atoms with E-state index in [0.29, 0.717) is 23.5 Å². The molecule has 0 aromatic heterocycles. The van der Waals surface area contributed by atoms with Gasteiger partial charge in [0.1, 0.15) is 0 Å². The minimum Gasteiger partial charge on any atom is -0.504 e. The van der Waals surface area contributed by atoms with Gasteiger partial charge in [-0.2, -0.15) is 0 Å². The molecule has 0 heterocycles. The van der Waals surface area contributed by atoms with E-state index < -0.39 is 10.0 Å². The van der Waals surface area contributed by atoms with E-state index in [9.17, 15) is 13.5 Å². The monoisotopic (exact) mass is 460 g/mol. The maximum atomic E-state index is 12.8. The van der Waals surface area contributed by atoms with Crippen molar-refractivity contribution in [2.45, 2.75) is 11.4 Å². The van der Waals surface area contributed by atoms with E-state index in [1.165, 1.54) is 19.2 Å². The van der Waals surface area contributed by atoms with Crippen molar-refractivity contribution < 1.29 is 18.3 Å². The highest BCUT2D eigenvalue weighted by Gasteiger charge is 2.14. The Bertz CT molecular complexity index is 1320. The van der Waals surface area contributed by atoms with Crippen molar-refractivity contribution in [3.05, 3.63) is 103 Å². The predicted molar refractivity (Wildman–Crippen MR) is 131 cm³/mol. The van der Waals surface area contributed by atoms with Crippen LogP contribution in [0.4, 0.5) is 11.4 Å². The minimum absolute atomic E-state index is 0.0779. The Morgan fingerprint density at radius 1 is 0.758 bits per heavy atom. The third-order valence-corrected chi connectivity index (χ3v) is 6.59. The van der Waals surface area contributed by atoms with Gasteiger partial charge in [-0.05, 0) is 53.6 Å². The Morgan fingerprint density at radius 2 is 1.39 bits per heavy atom. The van der Waals surface area contributed by atoms with Gasteiger partial charge in [-0.1, -0.05) is 54.6 Å². The first-order valence-electron chi connectivity index (χ1n) is 10.3. The van der Waals surface area contributed by atoms with Gasteiger partial charge >= 0.3 is 0 Å². The van der Waals surface area contributed by atoms with Gasteiger partial charge in [-0.15, -0.1) is 0 Å². The number of methoxy groups -OCH3 is 1. The topological polar surface area (TPSA) is 87.7 Å². The molecule has 3 N–H and O–H groups in total. The average Bonchev–Trinajstić information content (AvgIpc) is 2.84. The molecule has 0 fully saturated rings. The highest BCUT2D eigenvalue weighted by Crippen LogP contribution is 2.30. The number of hydrogen-bond acceptors (Lipinski definition) is 5. The number of ether oxygens (including phenoxy) is 1. The lowest BCUT2D eigenvalue weighted by atomic mass is 10.1. The highest BCUT2D eigenvalue weighted by molar-refractivity contribution is 7.92.